The summed E-state index contributed by atoms with van der Waals surface area (Å²) in [6.45, 7) is 2.27. The van der Waals surface area contributed by atoms with Gasteiger partial charge < -0.3 is 9.84 Å². The minimum Gasteiger partial charge on any atom is -0.478 e. The van der Waals surface area contributed by atoms with Crippen LogP contribution in [0.1, 0.15) is 15.9 Å². The molecule has 1 aromatic carbocycles. The van der Waals surface area contributed by atoms with Gasteiger partial charge in [0.1, 0.15) is 0 Å². The van der Waals surface area contributed by atoms with Crippen molar-refractivity contribution in [3.63, 3.8) is 0 Å². The Balaban J connectivity index is 1.74. The average molecular weight is 311 g/mol. The minimum absolute atomic E-state index is 0.106. The first-order chi connectivity index (χ1) is 9.95. The van der Waals surface area contributed by atoms with Crippen LogP contribution in [0.3, 0.4) is 0 Å². The van der Waals surface area contributed by atoms with E-state index in [1.807, 2.05) is 0 Å². The molecule has 6 nitrogen and oxygen atoms in total. The maximum absolute atomic E-state index is 12.5. The molecule has 7 heteroatoms. The lowest BCUT2D eigenvalue weighted by atomic mass is 10.0. The molecule has 2 atom stereocenters. The molecule has 2 fully saturated rings. The zero-order chi connectivity index (χ0) is 15.0. The number of carbonyl (C=O) groups is 1. The second-order valence-electron chi connectivity index (χ2n) is 5.64. The maximum Gasteiger partial charge on any atom is 0.335 e. The largest absolute Gasteiger partial charge is 0.478 e. The molecule has 114 valence electrons. The average Bonchev–Trinajstić information content (AvgIpc) is 2.99. The van der Waals surface area contributed by atoms with Gasteiger partial charge >= 0.3 is 5.97 Å². The summed E-state index contributed by atoms with van der Waals surface area (Å²) in [4.78, 5) is 10.9. The third-order valence-corrected chi connectivity index (χ3v) is 5.91. The quantitative estimate of drug-likeness (QED) is 0.889. The van der Waals surface area contributed by atoms with Gasteiger partial charge in [0.15, 0.2) is 0 Å². The molecule has 0 spiro atoms. The highest BCUT2D eigenvalue weighted by atomic mass is 32.2. The summed E-state index contributed by atoms with van der Waals surface area (Å²) < 4.78 is 31.8. The molecular weight excluding hydrogens is 294 g/mol. The zero-order valence-corrected chi connectivity index (χ0v) is 12.3. The van der Waals surface area contributed by atoms with E-state index in [0.717, 1.165) is 0 Å². The molecule has 0 radical (unpaired) electrons. The number of hydrogen-bond acceptors (Lipinski definition) is 4. The van der Waals surface area contributed by atoms with Gasteiger partial charge in [-0.1, -0.05) is 12.1 Å². The van der Waals surface area contributed by atoms with E-state index < -0.39 is 16.0 Å². The van der Waals surface area contributed by atoms with Gasteiger partial charge in [-0.05, 0) is 17.7 Å². The Morgan fingerprint density at radius 3 is 2.57 bits per heavy atom. The lowest BCUT2D eigenvalue weighted by molar-refractivity contribution is 0.0696. The number of benzene rings is 1. The molecule has 0 amide bonds. The third kappa shape index (κ3) is 2.95. The molecule has 0 unspecified atom stereocenters. The van der Waals surface area contributed by atoms with Gasteiger partial charge in [0, 0.05) is 24.9 Å². The van der Waals surface area contributed by atoms with Gasteiger partial charge in [-0.3, -0.25) is 0 Å². The summed E-state index contributed by atoms with van der Waals surface area (Å²) in [6, 6.07) is 6.08. The number of carboxylic acid groups (broad SMARTS) is 1. The summed E-state index contributed by atoms with van der Waals surface area (Å²) >= 11 is 0. The summed E-state index contributed by atoms with van der Waals surface area (Å²) in [7, 11) is -3.41. The molecule has 0 bridgehead atoms. The van der Waals surface area contributed by atoms with Crippen LogP contribution in [0.5, 0.6) is 0 Å². The van der Waals surface area contributed by atoms with E-state index in [1.165, 1.54) is 16.4 Å². The molecule has 0 saturated carbocycles. The van der Waals surface area contributed by atoms with E-state index in [0.29, 0.717) is 43.7 Å². The summed E-state index contributed by atoms with van der Waals surface area (Å²) in [5.41, 5.74) is 0.609. The molecule has 0 aromatic heterocycles. The monoisotopic (exact) mass is 311 g/mol. The van der Waals surface area contributed by atoms with Crippen LogP contribution >= 0.6 is 0 Å². The number of nitrogens with zero attached hydrogens (tertiary/aromatic N) is 1. The normalized spacial score (nSPS) is 25.9. The van der Waals surface area contributed by atoms with Crippen molar-refractivity contribution in [1.29, 1.82) is 0 Å². The summed E-state index contributed by atoms with van der Waals surface area (Å²) in [5.74, 6) is -0.619. The van der Waals surface area contributed by atoms with Crippen LogP contribution in [0.4, 0.5) is 0 Å². The fourth-order valence-electron chi connectivity index (χ4n) is 2.97. The molecule has 0 aliphatic carbocycles. The minimum atomic E-state index is -3.41. The van der Waals surface area contributed by atoms with E-state index >= 15 is 0 Å². The predicted molar refractivity (Wildman–Crippen MR) is 75.4 cm³/mol. The van der Waals surface area contributed by atoms with Crippen LogP contribution in [0.25, 0.3) is 0 Å². The van der Waals surface area contributed by atoms with E-state index in [-0.39, 0.29) is 11.3 Å². The Kier molecular flexibility index (Phi) is 3.73. The Labute approximate surface area is 123 Å². The molecule has 21 heavy (non-hydrogen) atoms. The van der Waals surface area contributed by atoms with Crippen molar-refractivity contribution in [3.05, 3.63) is 35.4 Å². The Bertz CT molecular complexity index is 645. The number of sulfonamides is 1. The van der Waals surface area contributed by atoms with Gasteiger partial charge in [0.25, 0.3) is 0 Å². The number of ether oxygens (including phenoxy) is 1. The highest BCUT2D eigenvalue weighted by molar-refractivity contribution is 7.88. The van der Waals surface area contributed by atoms with Gasteiger partial charge in [-0.2, -0.15) is 0 Å². The van der Waals surface area contributed by atoms with Crippen LogP contribution < -0.4 is 0 Å². The molecule has 3 rings (SSSR count). The van der Waals surface area contributed by atoms with Crippen molar-refractivity contribution in [3.8, 4) is 0 Å². The molecule has 2 aliphatic rings. The van der Waals surface area contributed by atoms with Crippen LogP contribution in [-0.2, 0) is 20.5 Å². The number of aromatic carboxylic acids is 1. The van der Waals surface area contributed by atoms with Crippen molar-refractivity contribution in [2.24, 2.45) is 11.8 Å². The number of fused-ring (bicyclic) bond motifs is 1. The third-order valence-electron chi connectivity index (χ3n) is 4.12. The van der Waals surface area contributed by atoms with E-state index in [1.54, 1.807) is 12.1 Å². The van der Waals surface area contributed by atoms with E-state index in [9.17, 15) is 13.2 Å². The number of rotatable bonds is 4. The molecule has 2 heterocycles. The first-order valence-corrected chi connectivity index (χ1v) is 8.44. The van der Waals surface area contributed by atoms with Gasteiger partial charge in [-0.25, -0.2) is 17.5 Å². The standard InChI is InChI=1S/C14H17NO5S/c16-14(17)11-3-1-2-10(4-11)9-21(18,19)15-5-12-7-20-8-13(12)6-15/h1-4,12-13H,5-9H2,(H,16,17)/t12-,13+. The van der Waals surface area contributed by atoms with Crippen LogP contribution in [-0.4, -0.2) is 50.1 Å². The van der Waals surface area contributed by atoms with Gasteiger partial charge in [-0.15, -0.1) is 0 Å². The Morgan fingerprint density at radius 2 is 1.95 bits per heavy atom. The Morgan fingerprint density at radius 1 is 1.29 bits per heavy atom. The first-order valence-electron chi connectivity index (χ1n) is 6.83. The van der Waals surface area contributed by atoms with E-state index in [4.69, 9.17) is 9.84 Å². The lowest BCUT2D eigenvalue weighted by Gasteiger charge is -2.17. The van der Waals surface area contributed by atoms with Crippen molar-refractivity contribution in [1.82, 2.24) is 4.31 Å². The van der Waals surface area contributed by atoms with Crippen LogP contribution in [0.2, 0.25) is 0 Å². The SMILES string of the molecule is O=C(O)c1cccc(CS(=O)(=O)N2C[C@H]3COC[C@H]3C2)c1. The van der Waals surface area contributed by atoms with Crippen molar-refractivity contribution in [2.45, 2.75) is 5.75 Å². The fraction of sp³-hybridized carbons (Fsp3) is 0.500. The Hall–Kier alpha value is -1.44. The zero-order valence-electron chi connectivity index (χ0n) is 11.4. The summed E-state index contributed by atoms with van der Waals surface area (Å²) in [5, 5.41) is 8.95. The smallest absolute Gasteiger partial charge is 0.335 e. The summed E-state index contributed by atoms with van der Waals surface area (Å²) in [6.07, 6.45) is 0. The lowest BCUT2D eigenvalue weighted by Crippen LogP contribution is -2.31. The second-order valence-corrected chi connectivity index (χ2v) is 7.61. The fourth-order valence-corrected chi connectivity index (χ4v) is 4.59. The first kappa shape index (κ1) is 14.5. The highest BCUT2D eigenvalue weighted by Gasteiger charge is 2.41. The molecule has 2 aliphatic heterocycles. The van der Waals surface area contributed by atoms with Crippen LogP contribution in [0, 0.1) is 11.8 Å². The van der Waals surface area contributed by atoms with Gasteiger partial charge in [0.05, 0.1) is 24.5 Å². The van der Waals surface area contributed by atoms with E-state index in [2.05, 4.69) is 0 Å². The molecular formula is C14H17NO5S. The number of hydrogen-bond donors (Lipinski definition) is 1. The number of carboxylic acids is 1. The van der Waals surface area contributed by atoms with Crippen molar-refractivity contribution < 1.29 is 23.1 Å². The van der Waals surface area contributed by atoms with Crippen molar-refractivity contribution >= 4 is 16.0 Å². The molecule has 2 saturated heterocycles. The molecule has 1 N–H and O–H groups in total. The topological polar surface area (TPSA) is 83.9 Å². The van der Waals surface area contributed by atoms with Gasteiger partial charge in [0.2, 0.25) is 10.0 Å². The molecule has 1 aromatic rings. The second kappa shape index (κ2) is 5.40. The van der Waals surface area contributed by atoms with Crippen LogP contribution in [0.15, 0.2) is 24.3 Å². The van der Waals surface area contributed by atoms with Crippen molar-refractivity contribution in [2.75, 3.05) is 26.3 Å². The maximum atomic E-state index is 12.5. The predicted octanol–water partition coefficient (Wildman–Crippen LogP) is 0.793. The highest BCUT2D eigenvalue weighted by Crippen LogP contribution is 2.31.